The van der Waals surface area contributed by atoms with E-state index in [1.165, 1.54) is 7.11 Å². The minimum absolute atomic E-state index is 0.0868. The zero-order valence-electron chi connectivity index (χ0n) is 18.3. The summed E-state index contributed by atoms with van der Waals surface area (Å²) >= 11 is 0. The number of carbonyl (C=O) groups is 2. The highest BCUT2D eigenvalue weighted by molar-refractivity contribution is 5.86. The number of hydrogen-bond acceptors (Lipinski definition) is 8. The van der Waals surface area contributed by atoms with Gasteiger partial charge >= 0.3 is 11.9 Å². The molecule has 33 heavy (non-hydrogen) atoms. The van der Waals surface area contributed by atoms with Crippen molar-refractivity contribution in [3.63, 3.8) is 0 Å². The van der Waals surface area contributed by atoms with E-state index in [0.717, 1.165) is 16.5 Å². The Morgan fingerprint density at radius 3 is 2.85 bits per heavy atom. The fraction of sp³-hybridized carbons (Fsp3) is 0.333. The molecule has 5 rings (SSSR count). The van der Waals surface area contributed by atoms with Gasteiger partial charge in [0, 0.05) is 16.5 Å². The number of cyclic esters (lactones) is 1. The molecule has 1 aromatic carbocycles. The summed E-state index contributed by atoms with van der Waals surface area (Å²) < 4.78 is 11.4. The number of aliphatic hydroxyl groups is 1. The SMILES string of the molecule is CC[C@@]1(O)C(=O)OCc2c1cc1n(c2=O)Cc2cc3ccc(CC(N)C(=O)OC)cc3nc2-1. The molecule has 1 unspecified atom stereocenters. The molecule has 0 spiro atoms. The summed E-state index contributed by atoms with van der Waals surface area (Å²) in [5, 5.41) is 11.9. The van der Waals surface area contributed by atoms with Crippen LogP contribution in [-0.4, -0.2) is 39.7 Å². The van der Waals surface area contributed by atoms with Gasteiger partial charge in [-0.15, -0.1) is 0 Å². The van der Waals surface area contributed by atoms with E-state index in [4.69, 9.17) is 20.2 Å². The summed E-state index contributed by atoms with van der Waals surface area (Å²) in [5.41, 5.74) is 7.86. The fourth-order valence-corrected chi connectivity index (χ4v) is 4.64. The van der Waals surface area contributed by atoms with E-state index in [1.54, 1.807) is 17.6 Å². The van der Waals surface area contributed by atoms with E-state index >= 15 is 0 Å². The molecule has 2 atom stereocenters. The second-order valence-electron chi connectivity index (χ2n) is 8.46. The second kappa shape index (κ2) is 7.50. The Bertz CT molecular complexity index is 1400. The van der Waals surface area contributed by atoms with Crippen LogP contribution in [0.4, 0.5) is 0 Å². The number of rotatable bonds is 4. The van der Waals surface area contributed by atoms with Crippen molar-refractivity contribution in [3.05, 3.63) is 62.9 Å². The molecule has 2 aliphatic rings. The number of nitrogens with two attached hydrogens (primary N) is 1. The molecule has 0 amide bonds. The van der Waals surface area contributed by atoms with Crippen LogP contribution in [0.15, 0.2) is 35.1 Å². The quantitative estimate of drug-likeness (QED) is 0.443. The van der Waals surface area contributed by atoms with Crippen LogP contribution in [0.5, 0.6) is 0 Å². The van der Waals surface area contributed by atoms with Gasteiger partial charge in [-0.3, -0.25) is 9.59 Å². The van der Waals surface area contributed by atoms with E-state index in [9.17, 15) is 19.5 Å². The van der Waals surface area contributed by atoms with Gasteiger partial charge in [0.25, 0.3) is 5.56 Å². The van der Waals surface area contributed by atoms with Crippen molar-refractivity contribution in [1.29, 1.82) is 0 Å². The van der Waals surface area contributed by atoms with Crippen LogP contribution in [0.2, 0.25) is 0 Å². The Kier molecular flexibility index (Phi) is 4.84. The number of aromatic nitrogens is 2. The van der Waals surface area contributed by atoms with Crippen molar-refractivity contribution in [2.75, 3.05) is 7.11 Å². The van der Waals surface area contributed by atoms with Crippen LogP contribution in [-0.2, 0) is 44.2 Å². The molecule has 0 aliphatic carbocycles. The Balaban J connectivity index is 1.63. The third-order valence-electron chi connectivity index (χ3n) is 6.53. The lowest BCUT2D eigenvalue weighted by Crippen LogP contribution is -2.44. The van der Waals surface area contributed by atoms with E-state index in [2.05, 4.69) is 0 Å². The highest BCUT2D eigenvalue weighted by Crippen LogP contribution is 2.38. The van der Waals surface area contributed by atoms with Gasteiger partial charge in [0.1, 0.15) is 12.6 Å². The van der Waals surface area contributed by atoms with Gasteiger partial charge < -0.3 is 24.9 Å². The Morgan fingerprint density at radius 1 is 1.33 bits per heavy atom. The van der Waals surface area contributed by atoms with Crippen LogP contribution in [0, 0.1) is 0 Å². The average molecular weight is 449 g/mol. The maximum absolute atomic E-state index is 13.2. The average Bonchev–Trinajstić information content (AvgIpc) is 3.17. The molecule has 170 valence electrons. The molecule has 3 aromatic rings. The third-order valence-corrected chi connectivity index (χ3v) is 6.53. The topological polar surface area (TPSA) is 134 Å². The summed E-state index contributed by atoms with van der Waals surface area (Å²) in [7, 11) is 1.30. The minimum atomic E-state index is -1.86. The van der Waals surface area contributed by atoms with E-state index in [0.29, 0.717) is 35.4 Å². The molecule has 2 aliphatic heterocycles. The van der Waals surface area contributed by atoms with Crippen LogP contribution >= 0.6 is 0 Å². The highest BCUT2D eigenvalue weighted by atomic mass is 16.6. The number of carbonyl (C=O) groups excluding carboxylic acids is 2. The lowest BCUT2D eigenvalue weighted by Gasteiger charge is -2.31. The molecule has 2 aromatic heterocycles. The zero-order chi connectivity index (χ0) is 23.5. The predicted molar refractivity (Wildman–Crippen MR) is 118 cm³/mol. The fourth-order valence-electron chi connectivity index (χ4n) is 4.64. The van der Waals surface area contributed by atoms with E-state index < -0.39 is 23.6 Å². The van der Waals surface area contributed by atoms with Gasteiger partial charge in [-0.2, -0.15) is 0 Å². The van der Waals surface area contributed by atoms with Crippen molar-refractivity contribution in [2.24, 2.45) is 5.73 Å². The first kappa shape index (κ1) is 21.3. The normalized spacial score (nSPS) is 19.5. The molecule has 3 N–H and O–H groups in total. The van der Waals surface area contributed by atoms with Crippen LogP contribution in [0.1, 0.15) is 35.6 Å². The number of nitrogens with zero attached hydrogens (tertiary/aromatic N) is 2. The smallest absolute Gasteiger partial charge is 0.343 e. The summed E-state index contributed by atoms with van der Waals surface area (Å²) in [6.07, 6.45) is 0.389. The van der Waals surface area contributed by atoms with Gasteiger partial charge in [0.2, 0.25) is 0 Å². The first-order valence-corrected chi connectivity index (χ1v) is 10.7. The van der Waals surface area contributed by atoms with E-state index in [1.807, 2.05) is 24.3 Å². The molecule has 0 radical (unpaired) electrons. The predicted octanol–water partition coefficient (Wildman–Crippen LogP) is 1.12. The summed E-state index contributed by atoms with van der Waals surface area (Å²) in [6.45, 7) is 1.85. The van der Waals surface area contributed by atoms with Crippen LogP contribution in [0.25, 0.3) is 22.3 Å². The third kappa shape index (κ3) is 3.15. The van der Waals surface area contributed by atoms with Crippen LogP contribution < -0.4 is 11.3 Å². The molecule has 9 nitrogen and oxygen atoms in total. The Morgan fingerprint density at radius 2 is 2.12 bits per heavy atom. The molecule has 0 saturated carbocycles. The van der Waals surface area contributed by atoms with Crippen molar-refractivity contribution in [1.82, 2.24) is 9.55 Å². The number of methoxy groups -OCH3 is 1. The zero-order valence-corrected chi connectivity index (χ0v) is 18.3. The van der Waals surface area contributed by atoms with Crippen molar-refractivity contribution in [2.45, 2.75) is 44.6 Å². The van der Waals surface area contributed by atoms with Gasteiger partial charge in [0.15, 0.2) is 5.60 Å². The molecule has 0 bridgehead atoms. The number of pyridine rings is 2. The number of ether oxygens (including phenoxy) is 2. The number of hydrogen-bond donors (Lipinski definition) is 2. The Labute approximate surface area is 188 Å². The Hall–Kier alpha value is -3.56. The number of benzene rings is 1. The van der Waals surface area contributed by atoms with E-state index in [-0.39, 0.29) is 24.2 Å². The van der Waals surface area contributed by atoms with Crippen molar-refractivity contribution in [3.8, 4) is 11.4 Å². The van der Waals surface area contributed by atoms with Crippen molar-refractivity contribution < 1.29 is 24.2 Å². The van der Waals surface area contributed by atoms with Crippen LogP contribution in [0.3, 0.4) is 0 Å². The van der Waals surface area contributed by atoms with Crippen molar-refractivity contribution >= 4 is 22.8 Å². The maximum Gasteiger partial charge on any atom is 0.343 e. The summed E-state index contributed by atoms with van der Waals surface area (Å²) in [5.74, 6) is -1.24. The molecule has 0 saturated heterocycles. The molecular formula is C24H23N3O6. The highest BCUT2D eigenvalue weighted by Gasteiger charge is 2.45. The lowest BCUT2D eigenvalue weighted by atomic mass is 9.86. The molecule has 0 fully saturated rings. The first-order valence-electron chi connectivity index (χ1n) is 10.7. The molecule has 4 heterocycles. The van der Waals surface area contributed by atoms with Gasteiger partial charge in [-0.1, -0.05) is 19.1 Å². The minimum Gasteiger partial charge on any atom is -0.468 e. The standard InChI is InChI=1S/C24H23N3O6/c1-3-24(31)16-9-19-20-14(10-27(19)21(28)15(16)11-33-23(24)30)8-13-5-4-12(7-18(13)26-20)6-17(25)22(29)32-2/h4-5,7-9,17,31H,3,6,10-11,25H2,1-2H3/t17?,24-/m0/s1. The van der Waals surface area contributed by atoms with Gasteiger partial charge in [-0.25, -0.2) is 9.78 Å². The van der Waals surface area contributed by atoms with Gasteiger partial charge in [0.05, 0.1) is 36.1 Å². The number of esters is 2. The number of fused-ring (bicyclic) bond motifs is 5. The lowest BCUT2D eigenvalue weighted by molar-refractivity contribution is -0.172. The largest absolute Gasteiger partial charge is 0.468 e. The summed E-state index contributed by atoms with van der Waals surface area (Å²) in [4.78, 5) is 42.0. The summed E-state index contributed by atoms with van der Waals surface area (Å²) in [6, 6.07) is 8.53. The second-order valence-corrected chi connectivity index (χ2v) is 8.46. The monoisotopic (exact) mass is 449 g/mol. The molecule has 9 heteroatoms. The van der Waals surface area contributed by atoms with Gasteiger partial charge in [-0.05, 0) is 36.6 Å². The molecular weight excluding hydrogens is 426 g/mol. The maximum atomic E-state index is 13.2. The first-order chi connectivity index (χ1) is 15.8.